The van der Waals surface area contributed by atoms with Crippen LogP contribution in [0.4, 0.5) is 13.2 Å². The second-order valence-electron chi connectivity index (χ2n) is 6.76. The molecule has 3 rings (SSSR count). The summed E-state index contributed by atoms with van der Waals surface area (Å²) in [5, 5.41) is 9.84. The van der Waals surface area contributed by atoms with Gasteiger partial charge in [0.05, 0.1) is 17.9 Å². The van der Waals surface area contributed by atoms with Gasteiger partial charge in [-0.05, 0) is 32.4 Å². The molecule has 0 spiro atoms. The van der Waals surface area contributed by atoms with Gasteiger partial charge in [-0.25, -0.2) is 4.79 Å². The van der Waals surface area contributed by atoms with Crippen molar-refractivity contribution in [1.82, 2.24) is 15.1 Å². The predicted octanol–water partition coefficient (Wildman–Crippen LogP) is 1.11. The monoisotopic (exact) mass is 405 g/mol. The van der Waals surface area contributed by atoms with E-state index in [0.717, 1.165) is 6.42 Å². The van der Waals surface area contributed by atoms with Crippen molar-refractivity contribution < 1.29 is 37.1 Å². The van der Waals surface area contributed by atoms with E-state index in [1.165, 1.54) is 0 Å². The van der Waals surface area contributed by atoms with Gasteiger partial charge in [-0.1, -0.05) is 0 Å². The topological polar surface area (TPSA) is 103 Å². The van der Waals surface area contributed by atoms with Crippen LogP contribution in [0, 0.1) is 12.8 Å². The fourth-order valence-electron chi connectivity index (χ4n) is 3.63. The number of furan rings is 1. The second-order valence-corrected chi connectivity index (χ2v) is 6.76. The first-order chi connectivity index (χ1) is 13.0. The minimum atomic E-state index is -5.08. The molecule has 2 amide bonds. The van der Waals surface area contributed by atoms with E-state index < -0.39 is 12.1 Å². The molecule has 8 nitrogen and oxygen atoms in total. The maximum Gasteiger partial charge on any atom is 0.490 e. The average Bonchev–Trinajstić information content (AvgIpc) is 3.30. The molecule has 156 valence electrons. The molecule has 0 bridgehead atoms. The van der Waals surface area contributed by atoms with E-state index in [9.17, 15) is 22.8 Å². The van der Waals surface area contributed by atoms with Gasteiger partial charge in [0.15, 0.2) is 0 Å². The van der Waals surface area contributed by atoms with Crippen LogP contribution in [-0.4, -0.2) is 78.1 Å². The summed E-state index contributed by atoms with van der Waals surface area (Å²) < 4.78 is 36.9. The highest BCUT2D eigenvalue weighted by Gasteiger charge is 2.48. The van der Waals surface area contributed by atoms with Gasteiger partial charge in [0.1, 0.15) is 5.76 Å². The number of carboxylic acids is 1. The molecular formula is C17H22F3N3O5. The summed E-state index contributed by atoms with van der Waals surface area (Å²) in [6.07, 6.45) is -2.72. The summed E-state index contributed by atoms with van der Waals surface area (Å²) in [7, 11) is 3.64. The first-order valence-electron chi connectivity index (χ1n) is 8.54. The van der Waals surface area contributed by atoms with E-state index in [2.05, 4.69) is 10.2 Å². The van der Waals surface area contributed by atoms with Crippen molar-refractivity contribution in [2.24, 2.45) is 5.92 Å². The van der Waals surface area contributed by atoms with Crippen LogP contribution < -0.4 is 5.32 Å². The van der Waals surface area contributed by atoms with E-state index in [1.54, 1.807) is 26.3 Å². The number of hydrogen-bond acceptors (Lipinski definition) is 5. The number of carbonyl (C=O) groups is 3. The van der Waals surface area contributed by atoms with Gasteiger partial charge in [0.2, 0.25) is 5.91 Å². The number of aliphatic carboxylic acids is 1. The molecule has 2 fully saturated rings. The lowest BCUT2D eigenvalue weighted by molar-refractivity contribution is -0.192. The third kappa shape index (κ3) is 4.46. The largest absolute Gasteiger partial charge is 0.490 e. The number of amides is 2. The van der Waals surface area contributed by atoms with Crippen molar-refractivity contribution in [2.75, 3.05) is 27.2 Å². The molecule has 28 heavy (non-hydrogen) atoms. The number of carbonyl (C=O) groups excluding carboxylic acids is 2. The van der Waals surface area contributed by atoms with Crippen LogP contribution in [0.25, 0.3) is 0 Å². The number of hydrogen-bond donors (Lipinski definition) is 2. The Morgan fingerprint density at radius 1 is 1.29 bits per heavy atom. The first-order valence-corrected chi connectivity index (χ1v) is 8.54. The Kier molecular flexibility index (Phi) is 6.37. The van der Waals surface area contributed by atoms with Gasteiger partial charge in [-0.3, -0.25) is 14.5 Å². The van der Waals surface area contributed by atoms with E-state index in [-0.39, 0.29) is 23.9 Å². The normalized spacial score (nSPS) is 24.4. The van der Waals surface area contributed by atoms with Crippen molar-refractivity contribution in [2.45, 2.75) is 31.6 Å². The summed E-state index contributed by atoms with van der Waals surface area (Å²) in [6, 6.07) is 1.92. The number of carboxylic acid groups (broad SMARTS) is 1. The summed E-state index contributed by atoms with van der Waals surface area (Å²) >= 11 is 0. The Hall–Kier alpha value is -2.56. The number of aryl methyl sites for hydroxylation is 1. The molecule has 1 aromatic rings. The molecule has 0 unspecified atom stereocenters. The molecule has 1 aromatic heterocycles. The Bertz CT molecular complexity index is 749. The molecule has 0 aromatic carbocycles. The Balaban J connectivity index is 0.000000345. The Morgan fingerprint density at radius 2 is 1.89 bits per heavy atom. The zero-order valence-corrected chi connectivity index (χ0v) is 15.6. The van der Waals surface area contributed by atoms with Gasteiger partial charge in [-0.2, -0.15) is 13.2 Å². The van der Waals surface area contributed by atoms with Crippen LogP contribution in [0.5, 0.6) is 0 Å². The summed E-state index contributed by atoms with van der Waals surface area (Å²) in [5.41, 5.74) is 0.639. The SMILES string of the molecule is CNC(=O)[C@H]1C[C@@H]2CN(C(=O)c3ccoc3C)C[C@@H]2N1C.O=C(O)C(F)(F)F. The highest BCUT2D eigenvalue weighted by molar-refractivity contribution is 5.95. The van der Waals surface area contributed by atoms with Crippen molar-refractivity contribution in [3.8, 4) is 0 Å². The summed E-state index contributed by atoms with van der Waals surface area (Å²) in [4.78, 5) is 37.2. The molecule has 2 aliphatic heterocycles. The van der Waals surface area contributed by atoms with Crippen LogP contribution >= 0.6 is 0 Å². The zero-order valence-electron chi connectivity index (χ0n) is 15.6. The van der Waals surface area contributed by atoms with Gasteiger partial charge < -0.3 is 19.7 Å². The predicted molar refractivity (Wildman–Crippen MR) is 90.6 cm³/mol. The molecule has 11 heteroatoms. The smallest absolute Gasteiger partial charge is 0.475 e. The minimum Gasteiger partial charge on any atom is -0.475 e. The zero-order chi connectivity index (χ0) is 21.2. The van der Waals surface area contributed by atoms with E-state index in [4.69, 9.17) is 14.3 Å². The second kappa shape index (κ2) is 8.21. The van der Waals surface area contributed by atoms with E-state index >= 15 is 0 Å². The van der Waals surface area contributed by atoms with Crippen LogP contribution in [-0.2, 0) is 9.59 Å². The van der Waals surface area contributed by atoms with Crippen LogP contribution in [0.2, 0.25) is 0 Å². The number of likely N-dealkylation sites (N-methyl/N-ethyl adjacent to an activating group) is 2. The number of nitrogens with one attached hydrogen (secondary N) is 1. The van der Waals surface area contributed by atoms with Crippen molar-refractivity contribution in [1.29, 1.82) is 0 Å². The minimum absolute atomic E-state index is 0.0283. The lowest BCUT2D eigenvalue weighted by Gasteiger charge is -2.25. The molecule has 2 aliphatic rings. The highest BCUT2D eigenvalue weighted by Crippen LogP contribution is 2.35. The Morgan fingerprint density at radius 3 is 2.32 bits per heavy atom. The van der Waals surface area contributed by atoms with Gasteiger partial charge in [0, 0.05) is 26.2 Å². The average molecular weight is 405 g/mol. The van der Waals surface area contributed by atoms with Gasteiger partial charge in [0.25, 0.3) is 5.91 Å². The number of halogens is 3. The fourth-order valence-corrected chi connectivity index (χ4v) is 3.63. The number of likely N-dealkylation sites (tertiary alicyclic amines) is 2. The molecule has 0 saturated carbocycles. The van der Waals surface area contributed by atoms with Crippen LogP contribution in [0.1, 0.15) is 22.5 Å². The third-order valence-electron chi connectivity index (χ3n) is 5.12. The maximum absolute atomic E-state index is 12.5. The lowest BCUT2D eigenvalue weighted by atomic mass is 10.0. The van der Waals surface area contributed by atoms with E-state index in [1.807, 2.05) is 11.9 Å². The van der Waals surface area contributed by atoms with Crippen LogP contribution in [0.3, 0.4) is 0 Å². The van der Waals surface area contributed by atoms with Crippen molar-refractivity contribution in [3.05, 3.63) is 23.7 Å². The summed E-state index contributed by atoms with van der Waals surface area (Å²) in [5.74, 6) is -1.63. The molecule has 2 N–H and O–H groups in total. The Labute approximate surface area is 159 Å². The quantitative estimate of drug-likeness (QED) is 0.764. The number of rotatable bonds is 2. The lowest BCUT2D eigenvalue weighted by Crippen LogP contribution is -2.45. The third-order valence-corrected chi connectivity index (χ3v) is 5.12. The van der Waals surface area contributed by atoms with Gasteiger partial charge in [-0.15, -0.1) is 0 Å². The van der Waals surface area contributed by atoms with Crippen molar-refractivity contribution >= 4 is 17.8 Å². The number of nitrogens with zero attached hydrogens (tertiary/aromatic N) is 2. The maximum atomic E-state index is 12.5. The van der Waals surface area contributed by atoms with Crippen LogP contribution in [0.15, 0.2) is 16.7 Å². The first kappa shape index (κ1) is 21.7. The van der Waals surface area contributed by atoms with Crippen molar-refractivity contribution in [3.63, 3.8) is 0 Å². The number of alkyl halides is 3. The summed E-state index contributed by atoms with van der Waals surface area (Å²) in [6.45, 7) is 3.20. The molecule has 3 heterocycles. The molecule has 0 aliphatic carbocycles. The molecule has 0 radical (unpaired) electrons. The highest BCUT2D eigenvalue weighted by atomic mass is 19.4. The fraction of sp³-hybridized carbons (Fsp3) is 0.588. The molecular weight excluding hydrogens is 383 g/mol. The van der Waals surface area contributed by atoms with E-state index in [0.29, 0.717) is 30.3 Å². The molecule has 3 atom stereocenters. The van der Waals surface area contributed by atoms with Gasteiger partial charge >= 0.3 is 12.1 Å². The standard InChI is InChI=1S/C15H21N3O3.C2HF3O2/c1-9-11(4-5-21-9)15(20)18-7-10-6-12(14(19)16-2)17(3)13(10)8-18;3-2(4,5)1(6)7/h4-5,10,12-13H,6-8H2,1-3H3,(H,16,19);(H,6,7)/t10-,12-,13+;/m1./s1. The number of fused-ring (bicyclic) bond motifs is 1. The molecule has 2 saturated heterocycles.